The molecule has 1 aromatic rings. The van der Waals surface area contributed by atoms with Gasteiger partial charge >= 0.3 is 0 Å². The quantitative estimate of drug-likeness (QED) is 0.893. The molecule has 0 aromatic carbocycles. The molecule has 1 saturated carbocycles. The average Bonchev–Trinajstić information content (AvgIpc) is 3.02. The molecule has 4 heteroatoms. The largest absolute Gasteiger partial charge is 0.383 e. The highest BCUT2D eigenvalue weighted by atomic mass is 15.2. The Morgan fingerprint density at radius 2 is 1.89 bits per heavy atom. The highest BCUT2D eigenvalue weighted by molar-refractivity contribution is 5.56. The molecule has 1 aliphatic carbocycles. The van der Waals surface area contributed by atoms with Crippen molar-refractivity contribution in [2.45, 2.75) is 46.5 Å². The fourth-order valence-electron chi connectivity index (χ4n) is 2.22. The Morgan fingerprint density at radius 1 is 1.28 bits per heavy atom. The van der Waals surface area contributed by atoms with Crippen LogP contribution < -0.4 is 10.6 Å². The Balaban J connectivity index is 2.30. The molecule has 2 rings (SSSR count). The SMILES string of the molecule is Cc1c(N)nc(C2CC2)nc1N(C)CC(C)(C)C. The van der Waals surface area contributed by atoms with Crippen LogP contribution >= 0.6 is 0 Å². The highest BCUT2D eigenvalue weighted by Gasteiger charge is 2.28. The van der Waals surface area contributed by atoms with Crippen molar-refractivity contribution in [3.63, 3.8) is 0 Å². The molecular weight excluding hydrogens is 224 g/mol. The minimum absolute atomic E-state index is 0.237. The molecule has 1 aliphatic rings. The van der Waals surface area contributed by atoms with Gasteiger partial charge in [-0.25, -0.2) is 9.97 Å². The molecule has 0 aliphatic heterocycles. The van der Waals surface area contributed by atoms with Gasteiger partial charge in [0.25, 0.3) is 0 Å². The third-order valence-corrected chi connectivity index (χ3v) is 3.19. The van der Waals surface area contributed by atoms with E-state index in [0.717, 1.165) is 23.8 Å². The first-order valence-corrected chi connectivity index (χ1v) is 6.63. The molecule has 0 spiro atoms. The van der Waals surface area contributed by atoms with Crippen LogP contribution in [0, 0.1) is 12.3 Å². The van der Waals surface area contributed by atoms with E-state index in [0.29, 0.717) is 11.7 Å². The molecule has 1 heterocycles. The first kappa shape index (κ1) is 13.1. The molecule has 100 valence electrons. The zero-order valence-corrected chi connectivity index (χ0v) is 12.1. The van der Waals surface area contributed by atoms with Crippen LogP contribution in [-0.2, 0) is 0 Å². The first-order chi connectivity index (χ1) is 8.28. The Morgan fingerprint density at radius 3 is 2.39 bits per heavy atom. The van der Waals surface area contributed by atoms with Gasteiger partial charge in [-0.2, -0.15) is 0 Å². The molecular formula is C14H24N4. The topological polar surface area (TPSA) is 55.0 Å². The van der Waals surface area contributed by atoms with Crippen molar-refractivity contribution in [2.24, 2.45) is 5.41 Å². The van der Waals surface area contributed by atoms with E-state index in [2.05, 4.69) is 37.7 Å². The molecule has 0 unspecified atom stereocenters. The van der Waals surface area contributed by atoms with E-state index in [4.69, 9.17) is 10.7 Å². The Hall–Kier alpha value is -1.32. The summed E-state index contributed by atoms with van der Waals surface area (Å²) in [7, 11) is 2.08. The van der Waals surface area contributed by atoms with Crippen LogP contribution in [0.25, 0.3) is 0 Å². The summed E-state index contributed by atoms with van der Waals surface area (Å²) < 4.78 is 0. The number of nitrogens with zero attached hydrogens (tertiary/aromatic N) is 3. The van der Waals surface area contributed by atoms with Gasteiger partial charge in [-0.3, -0.25) is 0 Å². The van der Waals surface area contributed by atoms with Crippen molar-refractivity contribution in [2.75, 3.05) is 24.2 Å². The van der Waals surface area contributed by atoms with E-state index in [1.54, 1.807) is 0 Å². The number of hydrogen-bond acceptors (Lipinski definition) is 4. The zero-order valence-electron chi connectivity index (χ0n) is 12.1. The van der Waals surface area contributed by atoms with E-state index >= 15 is 0 Å². The average molecular weight is 248 g/mol. The Kier molecular flexibility index (Phi) is 3.21. The van der Waals surface area contributed by atoms with E-state index in [1.165, 1.54) is 12.8 Å². The predicted molar refractivity (Wildman–Crippen MR) is 75.9 cm³/mol. The maximum absolute atomic E-state index is 6.01. The minimum Gasteiger partial charge on any atom is -0.383 e. The normalized spacial score (nSPS) is 15.8. The molecule has 1 fully saturated rings. The van der Waals surface area contributed by atoms with Crippen LogP contribution in [0.2, 0.25) is 0 Å². The van der Waals surface area contributed by atoms with Crippen molar-refractivity contribution in [1.29, 1.82) is 0 Å². The van der Waals surface area contributed by atoms with Gasteiger partial charge in [-0.1, -0.05) is 20.8 Å². The molecule has 0 radical (unpaired) electrons. The number of hydrogen-bond donors (Lipinski definition) is 1. The summed E-state index contributed by atoms with van der Waals surface area (Å²) >= 11 is 0. The molecule has 0 amide bonds. The predicted octanol–water partition coefficient (Wildman–Crippen LogP) is 2.73. The van der Waals surface area contributed by atoms with Crippen LogP contribution in [0.4, 0.5) is 11.6 Å². The van der Waals surface area contributed by atoms with Gasteiger partial charge in [0.15, 0.2) is 0 Å². The fourth-order valence-corrected chi connectivity index (χ4v) is 2.22. The molecule has 0 saturated heterocycles. The van der Waals surface area contributed by atoms with E-state index in [1.807, 2.05) is 6.92 Å². The molecule has 0 atom stereocenters. The van der Waals surface area contributed by atoms with Gasteiger partial charge in [0.05, 0.1) is 0 Å². The lowest BCUT2D eigenvalue weighted by molar-refractivity contribution is 0.417. The Bertz CT molecular complexity index is 444. The van der Waals surface area contributed by atoms with Crippen LogP contribution in [0.5, 0.6) is 0 Å². The number of rotatable bonds is 3. The van der Waals surface area contributed by atoms with Crippen LogP contribution in [0.3, 0.4) is 0 Å². The van der Waals surface area contributed by atoms with Gasteiger partial charge < -0.3 is 10.6 Å². The van der Waals surface area contributed by atoms with E-state index in [9.17, 15) is 0 Å². The smallest absolute Gasteiger partial charge is 0.137 e. The lowest BCUT2D eigenvalue weighted by atomic mass is 9.96. The maximum atomic E-state index is 6.01. The third-order valence-electron chi connectivity index (χ3n) is 3.19. The van der Waals surface area contributed by atoms with Gasteiger partial charge in [0.2, 0.25) is 0 Å². The summed E-state index contributed by atoms with van der Waals surface area (Å²) in [5.74, 6) is 3.07. The Labute approximate surface area is 110 Å². The molecule has 0 bridgehead atoms. The van der Waals surface area contributed by atoms with Crippen LogP contribution in [0.1, 0.15) is 50.9 Å². The maximum Gasteiger partial charge on any atom is 0.137 e. The van der Waals surface area contributed by atoms with Crippen molar-refractivity contribution >= 4 is 11.6 Å². The highest BCUT2D eigenvalue weighted by Crippen LogP contribution is 2.39. The summed E-state index contributed by atoms with van der Waals surface area (Å²) in [4.78, 5) is 11.3. The second-order valence-corrected chi connectivity index (χ2v) is 6.61. The molecule has 2 N–H and O–H groups in total. The second-order valence-electron chi connectivity index (χ2n) is 6.61. The van der Waals surface area contributed by atoms with E-state index < -0.39 is 0 Å². The summed E-state index contributed by atoms with van der Waals surface area (Å²) in [5, 5.41) is 0. The van der Waals surface area contributed by atoms with Gasteiger partial charge in [-0.05, 0) is 25.2 Å². The van der Waals surface area contributed by atoms with Crippen molar-refractivity contribution in [3.05, 3.63) is 11.4 Å². The van der Waals surface area contributed by atoms with Gasteiger partial charge in [0.1, 0.15) is 17.5 Å². The monoisotopic (exact) mass is 248 g/mol. The minimum atomic E-state index is 0.237. The standard InChI is InChI=1S/C14H24N4/c1-9-11(15)16-12(10-6-7-10)17-13(9)18(5)8-14(2,3)4/h10H,6-8H2,1-5H3,(H2,15,16,17). The van der Waals surface area contributed by atoms with E-state index in [-0.39, 0.29) is 5.41 Å². The fraction of sp³-hybridized carbons (Fsp3) is 0.714. The van der Waals surface area contributed by atoms with Gasteiger partial charge in [-0.15, -0.1) is 0 Å². The molecule has 18 heavy (non-hydrogen) atoms. The lowest BCUT2D eigenvalue weighted by Crippen LogP contribution is -2.30. The first-order valence-electron chi connectivity index (χ1n) is 6.63. The lowest BCUT2D eigenvalue weighted by Gasteiger charge is -2.28. The molecule has 1 aromatic heterocycles. The number of nitrogens with two attached hydrogens (primary N) is 1. The van der Waals surface area contributed by atoms with Crippen molar-refractivity contribution in [3.8, 4) is 0 Å². The van der Waals surface area contributed by atoms with Crippen LogP contribution in [0.15, 0.2) is 0 Å². The summed E-state index contributed by atoms with van der Waals surface area (Å²) in [6.07, 6.45) is 2.40. The van der Waals surface area contributed by atoms with Crippen molar-refractivity contribution in [1.82, 2.24) is 9.97 Å². The van der Waals surface area contributed by atoms with Crippen LogP contribution in [-0.4, -0.2) is 23.6 Å². The zero-order chi connectivity index (χ0) is 13.5. The second kappa shape index (κ2) is 4.41. The molecule has 4 nitrogen and oxygen atoms in total. The third kappa shape index (κ3) is 2.92. The van der Waals surface area contributed by atoms with Crippen molar-refractivity contribution < 1.29 is 0 Å². The summed E-state index contributed by atoms with van der Waals surface area (Å²) in [5.41, 5.74) is 7.24. The summed E-state index contributed by atoms with van der Waals surface area (Å²) in [6, 6.07) is 0. The summed E-state index contributed by atoms with van der Waals surface area (Å²) in [6.45, 7) is 9.64. The number of aromatic nitrogens is 2. The van der Waals surface area contributed by atoms with Gasteiger partial charge in [0, 0.05) is 25.1 Å². The number of nitrogen functional groups attached to an aromatic ring is 1. The number of anilines is 2.